The molecule has 0 nitrogen and oxygen atoms in total. The van der Waals surface area contributed by atoms with E-state index < -0.39 is 0 Å². The molecule has 2 atom stereocenters. The predicted octanol–water partition coefficient (Wildman–Crippen LogP) is 4.63. The number of allylic oxidation sites excluding steroid dienone is 3. The lowest BCUT2D eigenvalue weighted by atomic mass is 9.69. The van der Waals surface area contributed by atoms with Crippen LogP contribution in [0.4, 0.5) is 0 Å². The van der Waals surface area contributed by atoms with Crippen molar-refractivity contribution < 1.29 is 0 Å². The molecular formula is C17H20. The monoisotopic (exact) mass is 224 g/mol. The third-order valence-electron chi connectivity index (χ3n) is 4.46. The normalized spacial score (nSPS) is 26.8. The van der Waals surface area contributed by atoms with Crippen LogP contribution in [0, 0.1) is 5.92 Å². The summed E-state index contributed by atoms with van der Waals surface area (Å²) in [5, 5.41) is 0. The molecule has 0 aromatic heterocycles. The van der Waals surface area contributed by atoms with Gasteiger partial charge in [0.2, 0.25) is 0 Å². The Labute approximate surface area is 104 Å². The Morgan fingerprint density at radius 3 is 2.94 bits per heavy atom. The summed E-state index contributed by atoms with van der Waals surface area (Å²) in [6.07, 6.45) is 7.47. The van der Waals surface area contributed by atoms with Gasteiger partial charge in [-0.05, 0) is 49.7 Å². The quantitative estimate of drug-likeness (QED) is 0.610. The first-order valence-corrected chi connectivity index (χ1v) is 6.68. The maximum atomic E-state index is 4.15. The van der Waals surface area contributed by atoms with Gasteiger partial charge < -0.3 is 0 Å². The molecule has 88 valence electrons. The van der Waals surface area contributed by atoms with E-state index >= 15 is 0 Å². The van der Waals surface area contributed by atoms with E-state index in [9.17, 15) is 0 Å². The van der Waals surface area contributed by atoms with Gasteiger partial charge >= 0.3 is 0 Å². The lowest BCUT2D eigenvalue weighted by molar-refractivity contribution is 0.423. The highest BCUT2D eigenvalue weighted by Gasteiger charge is 2.30. The molecule has 0 unspecified atom stereocenters. The summed E-state index contributed by atoms with van der Waals surface area (Å²) in [4.78, 5) is 0. The first-order valence-electron chi connectivity index (χ1n) is 6.68. The molecule has 17 heavy (non-hydrogen) atoms. The van der Waals surface area contributed by atoms with Crippen molar-refractivity contribution in [2.24, 2.45) is 5.92 Å². The van der Waals surface area contributed by atoms with Crippen LogP contribution in [0.15, 0.2) is 48.1 Å². The van der Waals surface area contributed by atoms with Crippen LogP contribution in [-0.4, -0.2) is 0 Å². The summed E-state index contributed by atoms with van der Waals surface area (Å²) >= 11 is 0. The van der Waals surface area contributed by atoms with Crippen LogP contribution in [0.3, 0.4) is 0 Å². The molecule has 3 rings (SSSR count). The van der Waals surface area contributed by atoms with E-state index in [1.807, 2.05) is 0 Å². The summed E-state index contributed by atoms with van der Waals surface area (Å²) in [6, 6.07) is 8.96. The molecule has 2 aliphatic rings. The molecule has 0 heterocycles. The number of hydrogen-bond donors (Lipinski definition) is 0. The number of benzene rings is 1. The Morgan fingerprint density at radius 2 is 2.12 bits per heavy atom. The van der Waals surface area contributed by atoms with Crippen LogP contribution < -0.4 is 0 Å². The molecular weight excluding hydrogens is 204 g/mol. The maximum Gasteiger partial charge on any atom is 0.00568 e. The van der Waals surface area contributed by atoms with E-state index in [1.54, 1.807) is 11.1 Å². The largest absolute Gasteiger partial charge is 0.0999 e. The predicted molar refractivity (Wildman–Crippen MR) is 73.1 cm³/mol. The Bertz CT molecular complexity index is 479. The fourth-order valence-electron chi connectivity index (χ4n) is 3.39. The van der Waals surface area contributed by atoms with Crippen molar-refractivity contribution in [3.8, 4) is 0 Å². The van der Waals surface area contributed by atoms with E-state index in [0.29, 0.717) is 5.92 Å². The zero-order valence-corrected chi connectivity index (χ0v) is 10.6. The Kier molecular flexibility index (Phi) is 2.66. The van der Waals surface area contributed by atoms with Gasteiger partial charge in [-0.25, -0.2) is 0 Å². The highest BCUT2D eigenvalue weighted by Crippen LogP contribution is 2.45. The van der Waals surface area contributed by atoms with Gasteiger partial charge in [0, 0.05) is 5.92 Å². The van der Waals surface area contributed by atoms with Gasteiger partial charge in [-0.15, -0.1) is 0 Å². The van der Waals surface area contributed by atoms with E-state index in [4.69, 9.17) is 0 Å². The first kappa shape index (κ1) is 10.8. The van der Waals surface area contributed by atoms with E-state index in [2.05, 4.69) is 43.8 Å². The average molecular weight is 224 g/mol. The van der Waals surface area contributed by atoms with E-state index in [-0.39, 0.29) is 0 Å². The topological polar surface area (TPSA) is 0 Å². The summed E-state index contributed by atoms with van der Waals surface area (Å²) in [5.74, 6) is 1.40. The van der Waals surface area contributed by atoms with Crippen molar-refractivity contribution in [3.05, 3.63) is 59.2 Å². The minimum atomic E-state index is 0.676. The molecule has 2 aliphatic carbocycles. The SMILES string of the molecule is C=C(C)[C@@H]1CCC2=CCc3ccccc3[C@H]2C1. The molecule has 0 amide bonds. The van der Waals surface area contributed by atoms with Gasteiger partial charge in [0.25, 0.3) is 0 Å². The molecule has 0 aliphatic heterocycles. The van der Waals surface area contributed by atoms with Gasteiger partial charge in [0.15, 0.2) is 0 Å². The molecule has 0 N–H and O–H groups in total. The fourth-order valence-corrected chi connectivity index (χ4v) is 3.39. The van der Waals surface area contributed by atoms with Crippen molar-refractivity contribution in [1.82, 2.24) is 0 Å². The standard InChI is InChI=1S/C17H20/c1-12(2)15-10-9-14-8-7-13-5-3-4-6-16(13)17(14)11-15/h3-6,8,15,17H,1,7,9-11H2,2H3/t15-,17+/m1/s1. The maximum absolute atomic E-state index is 4.15. The zero-order chi connectivity index (χ0) is 11.8. The van der Waals surface area contributed by atoms with Crippen molar-refractivity contribution >= 4 is 0 Å². The minimum Gasteiger partial charge on any atom is -0.0999 e. The third-order valence-corrected chi connectivity index (χ3v) is 4.46. The van der Waals surface area contributed by atoms with Crippen molar-refractivity contribution in [2.75, 3.05) is 0 Å². The molecule has 0 saturated heterocycles. The molecule has 0 heteroatoms. The van der Waals surface area contributed by atoms with Crippen molar-refractivity contribution in [2.45, 2.75) is 38.5 Å². The van der Waals surface area contributed by atoms with Gasteiger partial charge in [-0.3, -0.25) is 0 Å². The molecule has 1 saturated carbocycles. The lowest BCUT2D eigenvalue weighted by Gasteiger charge is -2.35. The van der Waals surface area contributed by atoms with Crippen LogP contribution in [0.1, 0.15) is 43.2 Å². The second kappa shape index (κ2) is 4.18. The van der Waals surface area contributed by atoms with Crippen LogP contribution in [0.5, 0.6) is 0 Å². The van der Waals surface area contributed by atoms with Gasteiger partial charge in [-0.2, -0.15) is 0 Å². The molecule has 1 aromatic rings. The van der Waals surface area contributed by atoms with Gasteiger partial charge in [0.1, 0.15) is 0 Å². The molecule has 0 spiro atoms. The fraction of sp³-hybridized carbons (Fsp3) is 0.412. The Hall–Kier alpha value is -1.30. The van der Waals surface area contributed by atoms with E-state index in [0.717, 1.165) is 12.3 Å². The van der Waals surface area contributed by atoms with Crippen LogP contribution in [-0.2, 0) is 6.42 Å². The zero-order valence-electron chi connectivity index (χ0n) is 10.6. The van der Waals surface area contributed by atoms with Crippen LogP contribution >= 0.6 is 0 Å². The van der Waals surface area contributed by atoms with Crippen LogP contribution in [0.2, 0.25) is 0 Å². The third kappa shape index (κ3) is 1.86. The minimum absolute atomic E-state index is 0.676. The number of hydrogen-bond acceptors (Lipinski definition) is 0. The Balaban J connectivity index is 1.95. The summed E-state index contributed by atoms with van der Waals surface area (Å²) in [7, 11) is 0. The summed E-state index contributed by atoms with van der Waals surface area (Å²) < 4.78 is 0. The molecule has 0 bridgehead atoms. The van der Waals surface area contributed by atoms with Crippen LogP contribution in [0.25, 0.3) is 0 Å². The average Bonchev–Trinajstić information content (AvgIpc) is 2.38. The second-order valence-corrected chi connectivity index (χ2v) is 5.55. The molecule has 1 aromatic carbocycles. The summed E-state index contributed by atoms with van der Waals surface area (Å²) in [6.45, 7) is 6.34. The van der Waals surface area contributed by atoms with E-state index in [1.165, 1.54) is 30.4 Å². The van der Waals surface area contributed by atoms with Crippen molar-refractivity contribution in [1.29, 1.82) is 0 Å². The van der Waals surface area contributed by atoms with Gasteiger partial charge in [0.05, 0.1) is 0 Å². The molecule has 0 radical (unpaired) electrons. The highest BCUT2D eigenvalue weighted by molar-refractivity contribution is 5.42. The van der Waals surface area contributed by atoms with Gasteiger partial charge in [-0.1, -0.05) is 48.1 Å². The lowest BCUT2D eigenvalue weighted by Crippen LogP contribution is -2.20. The smallest absolute Gasteiger partial charge is 0.00568 e. The Morgan fingerprint density at radius 1 is 1.29 bits per heavy atom. The second-order valence-electron chi connectivity index (χ2n) is 5.55. The summed E-state index contributed by atoms with van der Waals surface area (Å²) in [5.41, 5.74) is 6.16. The number of rotatable bonds is 1. The van der Waals surface area contributed by atoms with Crippen molar-refractivity contribution in [3.63, 3.8) is 0 Å². The molecule has 1 fully saturated rings. The highest BCUT2D eigenvalue weighted by atomic mass is 14.3. The number of fused-ring (bicyclic) bond motifs is 3. The first-order chi connectivity index (χ1) is 8.25.